The van der Waals surface area contributed by atoms with E-state index < -0.39 is 5.91 Å². The highest BCUT2D eigenvalue weighted by molar-refractivity contribution is 7.14. The van der Waals surface area contributed by atoms with Crippen LogP contribution in [-0.4, -0.2) is 22.7 Å². The van der Waals surface area contributed by atoms with Gasteiger partial charge in [0.2, 0.25) is 5.91 Å². The topological polar surface area (TPSA) is 100 Å². The molecule has 3 amide bonds. The van der Waals surface area contributed by atoms with Crippen molar-refractivity contribution in [2.24, 2.45) is 0 Å². The fraction of sp³-hybridized carbons (Fsp3) is 0.0435. The number of aromatic nitrogens is 1. The zero-order chi connectivity index (χ0) is 23.4. The summed E-state index contributed by atoms with van der Waals surface area (Å²) in [7, 11) is 0. The maximum atomic E-state index is 12.9. The van der Waals surface area contributed by atoms with Gasteiger partial charge in [0.15, 0.2) is 5.13 Å². The van der Waals surface area contributed by atoms with Gasteiger partial charge in [-0.2, -0.15) is 0 Å². The summed E-state index contributed by atoms with van der Waals surface area (Å²) in [5.41, 5.74) is 2.79. The van der Waals surface area contributed by atoms with Gasteiger partial charge in [0.25, 0.3) is 11.8 Å². The van der Waals surface area contributed by atoms with Crippen LogP contribution in [0.15, 0.2) is 65.4 Å². The van der Waals surface area contributed by atoms with Crippen molar-refractivity contribution in [3.63, 3.8) is 0 Å². The first-order valence-electron chi connectivity index (χ1n) is 9.68. The summed E-state index contributed by atoms with van der Waals surface area (Å²) in [5, 5.41) is 12.7. The highest BCUT2D eigenvalue weighted by atomic mass is 35.5. The lowest BCUT2D eigenvalue weighted by molar-refractivity contribution is -0.114. The number of nitrogens with zero attached hydrogens (tertiary/aromatic N) is 1. The molecule has 0 atom stereocenters. The first kappa shape index (κ1) is 22.7. The molecule has 7 nitrogen and oxygen atoms in total. The molecule has 0 saturated carbocycles. The molecule has 0 spiro atoms. The van der Waals surface area contributed by atoms with E-state index in [1.54, 1.807) is 41.8 Å². The normalized spacial score (nSPS) is 10.5. The first-order valence-corrected chi connectivity index (χ1v) is 11.8. The third-order valence-electron chi connectivity index (χ3n) is 4.45. The van der Waals surface area contributed by atoms with Gasteiger partial charge >= 0.3 is 0 Å². The molecule has 2 aromatic heterocycles. The molecule has 0 fully saturated rings. The smallest absolute Gasteiger partial charge is 0.265 e. The minimum Gasteiger partial charge on any atom is -0.326 e. The Morgan fingerprint density at radius 1 is 0.909 bits per heavy atom. The minimum atomic E-state index is -0.421. The van der Waals surface area contributed by atoms with E-state index in [1.807, 2.05) is 17.5 Å². The maximum Gasteiger partial charge on any atom is 0.265 e. The number of carbonyl (C=O) groups is 3. The molecular weight excluding hydrogens is 480 g/mol. The molecule has 4 aromatic rings. The second-order valence-electron chi connectivity index (χ2n) is 6.87. The van der Waals surface area contributed by atoms with Crippen molar-refractivity contribution in [2.75, 3.05) is 16.0 Å². The monoisotopic (exact) mass is 496 g/mol. The Labute approximate surface area is 202 Å². The summed E-state index contributed by atoms with van der Waals surface area (Å²) < 4.78 is 0. The summed E-state index contributed by atoms with van der Waals surface area (Å²) in [6, 6.07) is 15.4. The van der Waals surface area contributed by atoms with Crippen molar-refractivity contribution in [3.05, 3.63) is 80.8 Å². The van der Waals surface area contributed by atoms with Crippen LogP contribution in [0.1, 0.15) is 27.0 Å². The number of hydrogen-bond donors (Lipinski definition) is 3. The highest BCUT2D eigenvalue weighted by Crippen LogP contribution is 2.28. The van der Waals surface area contributed by atoms with Gasteiger partial charge in [-0.25, -0.2) is 4.98 Å². The number of thiophene rings is 1. The van der Waals surface area contributed by atoms with Gasteiger partial charge in [-0.3, -0.25) is 19.7 Å². The Morgan fingerprint density at radius 2 is 1.70 bits per heavy atom. The Morgan fingerprint density at radius 3 is 2.39 bits per heavy atom. The van der Waals surface area contributed by atoms with Crippen molar-refractivity contribution in [1.82, 2.24) is 4.98 Å². The summed E-state index contributed by atoms with van der Waals surface area (Å²) in [6.07, 6.45) is 0. The molecule has 2 heterocycles. The van der Waals surface area contributed by atoms with Gasteiger partial charge in [0.05, 0.1) is 21.8 Å². The van der Waals surface area contributed by atoms with E-state index in [2.05, 4.69) is 20.9 Å². The number of hydrogen-bond acceptors (Lipinski definition) is 6. The van der Waals surface area contributed by atoms with Crippen LogP contribution in [0.25, 0.3) is 11.3 Å². The van der Waals surface area contributed by atoms with Crippen molar-refractivity contribution in [1.29, 1.82) is 0 Å². The van der Waals surface area contributed by atoms with Crippen LogP contribution in [-0.2, 0) is 4.79 Å². The van der Waals surface area contributed by atoms with Crippen LogP contribution in [0.4, 0.5) is 16.5 Å². The fourth-order valence-corrected chi connectivity index (χ4v) is 4.47. The van der Waals surface area contributed by atoms with Crippen molar-refractivity contribution in [3.8, 4) is 11.3 Å². The summed E-state index contributed by atoms with van der Waals surface area (Å²) in [5.74, 6) is -0.884. The van der Waals surface area contributed by atoms with Gasteiger partial charge in [-0.05, 0) is 41.8 Å². The standard InChI is InChI=1S/C23H17ClN4O3S2/c1-13(29)25-16-7-4-14(5-8-16)19-12-33-23(27-19)28-21(30)17-9-6-15(24)11-18(17)26-22(31)20-3-2-10-32-20/h2-12H,1H3,(H,25,29)(H,26,31)(H,27,28,30). The average Bonchev–Trinajstić information content (AvgIpc) is 3.46. The molecule has 0 unspecified atom stereocenters. The van der Waals surface area contributed by atoms with Gasteiger partial charge in [-0.1, -0.05) is 29.8 Å². The molecule has 0 aliphatic rings. The van der Waals surface area contributed by atoms with Crippen LogP contribution in [0.5, 0.6) is 0 Å². The molecule has 0 aliphatic heterocycles. The van der Waals surface area contributed by atoms with Crippen molar-refractivity contribution < 1.29 is 14.4 Å². The van der Waals surface area contributed by atoms with Gasteiger partial charge in [-0.15, -0.1) is 22.7 Å². The quantitative estimate of drug-likeness (QED) is 0.305. The minimum absolute atomic E-state index is 0.144. The zero-order valence-corrected chi connectivity index (χ0v) is 19.6. The van der Waals surface area contributed by atoms with E-state index in [-0.39, 0.29) is 17.4 Å². The van der Waals surface area contributed by atoms with E-state index in [9.17, 15) is 14.4 Å². The number of rotatable bonds is 6. The maximum absolute atomic E-state index is 12.9. The Bertz CT molecular complexity index is 1320. The number of amides is 3. The van der Waals surface area contributed by atoms with E-state index >= 15 is 0 Å². The lowest BCUT2D eigenvalue weighted by Crippen LogP contribution is -2.17. The fourth-order valence-electron chi connectivity index (χ4n) is 2.97. The average molecular weight is 497 g/mol. The summed E-state index contributed by atoms with van der Waals surface area (Å²) in [4.78, 5) is 41.5. The molecule has 33 heavy (non-hydrogen) atoms. The number of nitrogens with one attached hydrogen (secondary N) is 3. The SMILES string of the molecule is CC(=O)Nc1ccc(-c2csc(NC(=O)c3ccc(Cl)cc3NC(=O)c3cccs3)n2)cc1. The molecule has 0 radical (unpaired) electrons. The van der Waals surface area contributed by atoms with E-state index in [0.29, 0.717) is 32.1 Å². The van der Waals surface area contributed by atoms with E-state index in [1.165, 1.54) is 35.7 Å². The largest absolute Gasteiger partial charge is 0.326 e. The Hall–Kier alpha value is -3.53. The summed E-state index contributed by atoms with van der Waals surface area (Å²) >= 11 is 8.67. The number of anilines is 3. The molecular formula is C23H17ClN4O3S2. The van der Waals surface area contributed by atoms with E-state index in [4.69, 9.17) is 11.6 Å². The van der Waals surface area contributed by atoms with Crippen LogP contribution < -0.4 is 16.0 Å². The van der Waals surface area contributed by atoms with Crippen LogP contribution in [0.2, 0.25) is 5.02 Å². The van der Waals surface area contributed by atoms with Crippen LogP contribution in [0, 0.1) is 0 Å². The molecule has 0 aliphatic carbocycles. The Kier molecular flexibility index (Phi) is 6.83. The van der Waals surface area contributed by atoms with Gasteiger partial charge in [0.1, 0.15) is 0 Å². The lowest BCUT2D eigenvalue weighted by Gasteiger charge is -2.10. The predicted octanol–water partition coefficient (Wildman–Crippen LogP) is 5.99. The molecule has 0 bridgehead atoms. The van der Waals surface area contributed by atoms with E-state index in [0.717, 1.165) is 5.56 Å². The van der Waals surface area contributed by atoms with Crippen LogP contribution >= 0.6 is 34.3 Å². The van der Waals surface area contributed by atoms with Crippen molar-refractivity contribution in [2.45, 2.75) is 6.92 Å². The zero-order valence-electron chi connectivity index (χ0n) is 17.2. The van der Waals surface area contributed by atoms with Crippen LogP contribution in [0.3, 0.4) is 0 Å². The number of thiazole rings is 1. The summed E-state index contributed by atoms with van der Waals surface area (Å²) in [6.45, 7) is 1.45. The third-order valence-corrected chi connectivity index (χ3v) is 6.31. The van der Waals surface area contributed by atoms with Gasteiger partial charge < -0.3 is 10.6 Å². The second kappa shape index (κ2) is 9.95. The molecule has 10 heteroatoms. The molecule has 4 rings (SSSR count). The second-order valence-corrected chi connectivity index (χ2v) is 9.11. The number of halogens is 1. The first-order chi connectivity index (χ1) is 15.9. The number of carbonyl (C=O) groups excluding carboxylic acids is 3. The number of benzene rings is 2. The Balaban J connectivity index is 1.49. The van der Waals surface area contributed by atoms with Gasteiger partial charge in [0, 0.05) is 28.6 Å². The molecule has 3 N–H and O–H groups in total. The molecule has 166 valence electrons. The van der Waals surface area contributed by atoms with Crippen molar-refractivity contribution >= 4 is 68.5 Å². The molecule has 0 saturated heterocycles. The highest BCUT2D eigenvalue weighted by Gasteiger charge is 2.17. The predicted molar refractivity (Wildman–Crippen MR) is 134 cm³/mol. The molecule has 2 aromatic carbocycles. The lowest BCUT2D eigenvalue weighted by atomic mass is 10.1. The third kappa shape index (κ3) is 5.64.